The van der Waals surface area contributed by atoms with Gasteiger partial charge < -0.3 is 0 Å². The van der Waals surface area contributed by atoms with Gasteiger partial charge in [-0.2, -0.15) is 0 Å². The Bertz CT molecular complexity index is 350. The summed E-state index contributed by atoms with van der Waals surface area (Å²) in [5.41, 5.74) is 0. The molecule has 1 aromatic rings. The maximum Gasteiger partial charge on any atom is 0.0556 e. The van der Waals surface area contributed by atoms with Crippen LogP contribution < -0.4 is 0 Å². The van der Waals surface area contributed by atoms with Crippen molar-refractivity contribution in [1.29, 1.82) is 0 Å². The topological polar surface area (TPSA) is 0 Å². The molecule has 3 unspecified atom stereocenters. The molecule has 2 fully saturated rings. The lowest BCUT2D eigenvalue weighted by atomic mass is 10.0. The lowest BCUT2D eigenvalue weighted by Gasteiger charge is -2.07. The zero-order valence-electron chi connectivity index (χ0n) is 8.46. The van der Waals surface area contributed by atoms with E-state index in [-0.39, 0.29) is 0 Å². The number of alkyl halides is 1. The van der Waals surface area contributed by atoms with Crippen LogP contribution in [0.1, 0.15) is 35.4 Å². The van der Waals surface area contributed by atoms with E-state index in [0.29, 0.717) is 4.83 Å². The van der Waals surface area contributed by atoms with Crippen molar-refractivity contribution in [2.75, 3.05) is 0 Å². The van der Waals surface area contributed by atoms with Crippen molar-refractivity contribution in [2.45, 2.75) is 30.5 Å². The van der Waals surface area contributed by atoms with Crippen molar-refractivity contribution < 1.29 is 0 Å². The van der Waals surface area contributed by atoms with Gasteiger partial charge in [0.15, 0.2) is 0 Å². The Morgan fingerprint density at radius 3 is 2.53 bits per heavy atom. The van der Waals surface area contributed by atoms with Crippen molar-refractivity contribution in [1.82, 2.24) is 0 Å². The summed E-state index contributed by atoms with van der Waals surface area (Å²) in [5.74, 6) is 2.84. The van der Waals surface area contributed by atoms with Gasteiger partial charge in [-0.05, 0) is 42.0 Å². The molecule has 2 aliphatic carbocycles. The van der Waals surface area contributed by atoms with Crippen LogP contribution >= 0.6 is 38.9 Å². The third-order valence-electron chi connectivity index (χ3n) is 3.96. The van der Waals surface area contributed by atoms with E-state index < -0.39 is 0 Å². The van der Waals surface area contributed by atoms with E-state index in [0.717, 1.165) is 22.8 Å². The molecule has 0 bridgehead atoms. The van der Waals surface area contributed by atoms with Gasteiger partial charge in [0.25, 0.3) is 0 Å². The average Bonchev–Trinajstić information content (AvgIpc) is 2.83. The second kappa shape index (κ2) is 4.05. The highest BCUT2D eigenvalue weighted by atomic mass is 79.9. The second-order valence-corrected chi connectivity index (χ2v) is 7.07. The lowest BCUT2D eigenvalue weighted by Crippen LogP contribution is -1.92. The molecule has 3 heteroatoms. The number of halogens is 2. The van der Waals surface area contributed by atoms with Crippen LogP contribution in [0.25, 0.3) is 0 Å². The normalized spacial score (nSPS) is 36.0. The number of thiophene rings is 1. The summed E-state index contributed by atoms with van der Waals surface area (Å²) in [6, 6.07) is 2.02. The summed E-state index contributed by atoms with van der Waals surface area (Å²) in [5, 5.41) is 3.04. The minimum atomic E-state index is 0.512. The number of hydrogen-bond acceptors (Lipinski definition) is 1. The Labute approximate surface area is 108 Å². The Balaban J connectivity index is 1.76. The summed E-state index contributed by atoms with van der Waals surface area (Å²) < 4.78 is 0. The molecular formula is C12H14BrClS. The first-order valence-electron chi connectivity index (χ1n) is 5.66. The minimum absolute atomic E-state index is 0.512. The smallest absolute Gasteiger partial charge is 0.0556 e. The molecule has 0 nitrogen and oxygen atoms in total. The van der Waals surface area contributed by atoms with E-state index in [1.807, 2.05) is 6.07 Å². The van der Waals surface area contributed by atoms with E-state index in [4.69, 9.17) is 11.6 Å². The van der Waals surface area contributed by atoms with E-state index >= 15 is 0 Å². The Morgan fingerprint density at radius 2 is 2.00 bits per heavy atom. The van der Waals surface area contributed by atoms with Gasteiger partial charge >= 0.3 is 0 Å². The molecular weight excluding hydrogens is 292 g/mol. The van der Waals surface area contributed by atoms with Gasteiger partial charge in [0.2, 0.25) is 0 Å². The number of fused-ring (bicyclic) bond motifs is 1. The fraction of sp³-hybridized carbons (Fsp3) is 0.667. The van der Waals surface area contributed by atoms with Crippen LogP contribution in [0.5, 0.6) is 0 Å². The van der Waals surface area contributed by atoms with Gasteiger partial charge in [0, 0.05) is 4.88 Å². The zero-order valence-corrected chi connectivity index (χ0v) is 11.6. The molecule has 1 heterocycles. The van der Waals surface area contributed by atoms with Crippen LogP contribution in [-0.2, 0) is 0 Å². The lowest BCUT2D eigenvalue weighted by molar-refractivity contribution is 0.480. The molecule has 0 spiro atoms. The summed E-state index contributed by atoms with van der Waals surface area (Å²) >= 11 is 11.8. The molecule has 0 radical (unpaired) electrons. The fourth-order valence-electron chi connectivity index (χ4n) is 3.16. The van der Waals surface area contributed by atoms with Crippen LogP contribution in [-0.4, -0.2) is 0 Å². The van der Waals surface area contributed by atoms with Crippen molar-refractivity contribution in [3.05, 3.63) is 21.3 Å². The predicted molar refractivity (Wildman–Crippen MR) is 69.9 cm³/mol. The van der Waals surface area contributed by atoms with E-state index in [1.165, 1.54) is 30.6 Å². The van der Waals surface area contributed by atoms with Gasteiger partial charge in [-0.25, -0.2) is 0 Å². The first-order valence-corrected chi connectivity index (χ1v) is 7.83. The Hall–Kier alpha value is 0.470. The van der Waals surface area contributed by atoms with E-state index in [1.54, 1.807) is 11.3 Å². The molecule has 0 amide bonds. The van der Waals surface area contributed by atoms with Gasteiger partial charge in [-0.15, -0.1) is 11.3 Å². The highest BCUT2D eigenvalue weighted by Crippen LogP contribution is 2.63. The molecule has 15 heavy (non-hydrogen) atoms. The fourth-order valence-corrected chi connectivity index (χ4v) is 5.85. The molecule has 0 aliphatic heterocycles. The summed E-state index contributed by atoms with van der Waals surface area (Å²) in [4.78, 5) is 1.86. The van der Waals surface area contributed by atoms with Gasteiger partial charge in [0.1, 0.15) is 0 Å². The summed E-state index contributed by atoms with van der Waals surface area (Å²) in [7, 11) is 0. The standard InChI is InChI=1S/C12H14BrClS/c13-11(12-9(14)5-6-15-12)10-7-3-1-2-4-8(7)10/h5-8,10-11H,1-4H2. The maximum absolute atomic E-state index is 6.18. The van der Waals surface area contributed by atoms with Gasteiger partial charge in [-0.3, -0.25) is 0 Å². The van der Waals surface area contributed by atoms with E-state index in [9.17, 15) is 0 Å². The molecule has 0 saturated heterocycles. The largest absolute Gasteiger partial charge is 0.146 e. The highest BCUT2D eigenvalue weighted by molar-refractivity contribution is 9.09. The Kier molecular flexibility index (Phi) is 2.86. The highest BCUT2D eigenvalue weighted by Gasteiger charge is 2.54. The molecule has 3 atom stereocenters. The number of hydrogen-bond donors (Lipinski definition) is 0. The second-order valence-electron chi connectivity index (χ2n) is 4.72. The minimum Gasteiger partial charge on any atom is -0.146 e. The third kappa shape index (κ3) is 1.79. The summed E-state index contributed by atoms with van der Waals surface area (Å²) in [6.07, 6.45) is 5.77. The van der Waals surface area contributed by atoms with Crippen molar-refractivity contribution in [2.24, 2.45) is 17.8 Å². The Morgan fingerprint density at radius 1 is 1.33 bits per heavy atom. The maximum atomic E-state index is 6.18. The molecule has 0 aromatic carbocycles. The van der Waals surface area contributed by atoms with Crippen LogP contribution in [0.4, 0.5) is 0 Å². The SMILES string of the molecule is Clc1ccsc1C(Br)C1C2CCCCC21. The van der Waals surface area contributed by atoms with Gasteiger partial charge in [0.05, 0.1) is 9.85 Å². The third-order valence-corrected chi connectivity index (χ3v) is 6.77. The predicted octanol–water partition coefficient (Wildman–Crippen LogP) is 5.27. The van der Waals surface area contributed by atoms with Crippen LogP contribution in [0.3, 0.4) is 0 Å². The summed E-state index contributed by atoms with van der Waals surface area (Å²) in [6.45, 7) is 0. The van der Waals surface area contributed by atoms with E-state index in [2.05, 4.69) is 21.3 Å². The molecule has 0 N–H and O–H groups in total. The molecule has 1 aromatic heterocycles. The monoisotopic (exact) mass is 304 g/mol. The van der Waals surface area contributed by atoms with Crippen molar-refractivity contribution in [3.63, 3.8) is 0 Å². The zero-order chi connectivity index (χ0) is 10.4. The molecule has 2 saturated carbocycles. The number of rotatable bonds is 2. The molecule has 2 aliphatic rings. The average molecular weight is 306 g/mol. The van der Waals surface area contributed by atoms with Crippen LogP contribution in [0.2, 0.25) is 5.02 Å². The van der Waals surface area contributed by atoms with Crippen LogP contribution in [0, 0.1) is 17.8 Å². The molecule has 82 valence electrons. The first-order chi connectivity index (χ1) is 7.29. The van der Waals surface area contributed by atoms with Crippen molar-refractivity contribution >= 4 is 38.9 Å². The quantitative estimate of drug-likeness (QED) is 0.653. The molecule has 3 rings (SSSR count). The van der Waals surface area contributed by atoms with Crippen molar-refractivity contribution in [3.8, 4) is 0 Å². The van der Waals surface area contributed by atoms with Gasteiger partial charge in [-0.1, -0.05) is 40.4 Å². The first kappa shape index (κ1) is 10.6. The van der Waals surface area contributed by atoms with Crippen LogP contribution in [0.15, 0.2) is 11.4 Å².